The Bertz CT molecular complexity index is 460. The highest BCUT2D eigenvalue weighted by Crippen LogP contribution is 2.42. The number of rotatable bonds is 2. The van der Waals surface area contributed by atoms with Crippen molar-refractivity contribution in [1.82, 2.24) is 0 Å². The van der Waals surface area contributed by atoms with E-state index in [-0.39, 0.29) is 5.56 Å². The van der Waals surface area contributed by atoms with Crippen LogP contribution in [0.2, 0.25) is 0 Å². The standard InChI is InChI=1S/C13H13F5/c1-7(2)8-5-9(14)11(10(15)6-8)12(3,4)13(16,17)18/h5-6H,1H2,2-4H3. The summed E-state index contributed by atoms with van der Waals surface area (Å²) in [5.74, 6) is -2.43. The molecule has 1 aromatic rings. The van der Waals surface area contributed by atoms with Gasteiger partial charge in [0.25, 0.3) is 0 Å². The number of allylic oxidation sites excluding steroid dienone is 1. The van der Waals surface area contributed by atoms with Gasteiger partial charge in [-0.05, 0) is 38.5 Å². The van der Waals surface area contributed by atoms with E-state index < -0.39 is 28.8 Å². The number of benzene rings is 1. The molecule has 1 rings (SSSR count). The van der Waals surface area contributed by atoms with Crippen molar-refractivity contribution in [3.05, 3.63) is 41.5 Å². The lowest BCUT2D eigenvalue weighted by Gasteiger charge is -2.29. The van der Waals surface area contributed by atoms with E-state index in [1.54, 1.807) is 0 Å². The summed E-state index contributed by atoms with van der Waals surface area (Å²) in [5.41, 5.74) is -3.04. The number of hydrogen-bond donors (Lipinski definition) is 0. The van der Waals surface area contributed by atoms with Crippen LogP contribution in [0.25, 0.3) is 5.57 Å². The van der Waals surface area contributed by atoms with Crippen molar-refractivity contribution in [2.45, 2.75) is 32.4 Å². The maximum atomic E-state index is 13.7. The van der Waals surface area contributed by atoms with Crippen molar-refractivity contribution in [2.75, 3.05) is 0 Å². The van der Waals surface area contributed by atoms with Gasteiger partial charge in [0.05, 0.1) is 5.41 Å². The molecule has 0 saturated carbocycles. The summed E-state index contributed by atoms with van der Waals surface area (Å²) in [7, 11) is 0. The van der Waals surface area contributed by atoms with Gasteiger partial charge in [-0.25, -0.2) is 8.78 Å². The Kier molecular flexibility index (Phi) is 3.56. The molecule has 0 amide bonds. The third-order valence-corrected chi connectivity index (χ3v) is 2.87. The second kappa shape index (κ2) is 4.37. The lowest BCUT2D eigenvalue weighted by Crippen LogP contribution is -2.38. The minimum atomic E-state index is -4.74. The average molecular weight is 264 g/mol. The molecule has 0 N–H and O–H groups in total. The fourth-order valence-electron chi connectivity index (χ4n) is 1.56. The Hall–Kier alpha value is -1.39. The minimum absolute atomic E-state index is 0.145. The molecular formula is C13H13F5. The van der Waals surface area contributed by atoms with E-state index in [0.717, 1.165) is 26.0 Å². The van der Waals surface area contributed by atoms with Crippen molar-refractivity contribution in [3.8, 4) is 0 Å². The first-order chi connectivity index (χ1) is 7.98. The van der Waals surface area contributed by atoms with E-state index in [0.29, 0.717) is 5.57 Å². The van der Waals surface area contributed by atoms with Crippen LogP contribution in [0.5, 0.6) is 0 Å². The SMILES string of the molecule is C=C(C)c1cc(F)c(C(C)(C)C(F)(F)F)c(F)c1. The van der Waals surface area contributed by atoms with E-state index in [9.17, 15) is 22.0 Å². The summed E-state index contributed by atoms with van der Waals surface area (Å²) in [4.78, 5) is 0. The first-order valence-corrected chi connectivity index (χ1v) is 5.20. The molecule has 0 bridgehead atoms. The van der Waals surface area contributed by atoms with Crippen molar-refractivity contribution in [2.24, 2.45) is 0 Å². The quantitative estimate of drug-likeness (QED) is 0.670. The molecule has 0 heterocycles. The van der Waals surface area contributed by atoms with Crippen LogP contribution < -0.4 is 0 Å². The number of hydrogen-bond acceptors (Lipinski definition) is 0. The highest BCUT2D eigenvalue weighted by Gasteiger charge is 2.51. The second-order valence-corrected chi connectivity index (χ2v) is 4.72. The summed E-state index contributed by atoms with van der Waals surface area (Å²) < 4.78 is 65.8. The van der Waals surface area contributed by atoms with Crippen LogP contribution in [-0.4, -0.2) is 6.18 Å². The highest BCUT2D eigenvalue weighted by molar-refractivity contribution is 5.62. The molecule has 0 fully saturated rings. The van der Waals surface area contributed by atoms with Gasteiger partial charge < -0.3 is 0 Å². The highest BCUT2D eigenvalue weighted by atomic mass is 19.4. The van der Waals surface area contributed by atoms with Crippen molar-refractivity contribution in [1.29, 1.82) is 0 Å². The summed E-state index contributed by atoms with van der Waals surface area (Å²) in [5, 5.41) is 0. The summed E-state index contributed by atoms with van der Waals surface area (Å²) in [6, 6.07) is 1.74. The Labute approximate surface area is 102 Å². The van der Waals surface area contributed by atoms with Crippen LogP contribution in [0.3, 0.4) is 0 Å². The molecular weight excluding hydrogens is 251 g/mol. The first kappa shape index (κ1) is 14.7. The zero-order valence-corrected chi connectivity index (χ0v) is 10.3. The molecule has 18 heavy (non-hydrogen) atoms. The van der Waals surface area contributed by atoms with Crippen LogP contribution in [0, 0.1) is 11.6 Å². The molecule has 5 heteroatoms. The molecule has 0 aliphatic rings. The maximum Gasteiger partial charge on any atom is 0.398 e. The van der Waals surface area contributed by atoms with Gasteiger partial charge in [0.1, 0.15) is 11.6 Å². The topological polar surface area (TPSA) is 0 Å². The molecule has 0 radical (unpaired) electrons. The fraction of sp³-hybridized carbons (Fsp3) is 0.385. The van der Waals surface area contributed by atoms with Gasteiger partial charge in [0, 0.05) is 5.56 Å². The Morgan fingerprint density at radius 3 is 1.72 bits per heavy atom. The van der Waals surface area contributed by atoms with Gasteiger partial charge in [-0.1, -0.05) is 12.2 Å². The van der Waals surface area contributed by atoms with E-state index >= 15 is 0 Å². The smallest absolute Gasteiger partial charge is 0.207 e. The molecule has 0 saturated heterocycles. The zero-order valence-electron chi connectivity index (χ0n) is 10.3. The molecule has 1 aromatic carbocycles. The summed E-state index contributed by atoms with van der Waals surface area (Å²) in [6.07, 6.45) is -4.74. The Balaban J connectivity index is 3.49. The van der Waals surface area contributed by atoms with Crippen LogP contribution in [0.4, 0.5) is 22.0 Å². The van der Waals surface area contributed by atoms with Gasteiger partial charge in [-0.15, -0.1) is 0 Å². The molecule has 0 aliphatic carbocycles. The fourth-order valence-corrected chi connectivity index (χ4v) is 1.56. The zero-order chi connectivity index (χ0) is 14.3. The van der Waals surface area contributed by atoms with Gasteiger partial charge in [-0.2, -0.15) is 13.2 Å². The van der Waals surface area contributed by atoms with Crippen LogP contribution in [0.1, 0.15) is 31.9 Å². The third-order valence-electron chi connectivity index (χ3n) is 2.87. The van der Waals surface area contributed by atoms with Gasteiger partial charge in [-0.3, -0.25) is 0 Å². The first-order valence-electron chi connectivity index (χ1n) is 5.20. The predicted octanol–water partition coefficient (Wildman–Crippen LogP) is 4.84. The van der Waals surface area contributed by atoms with Gasteiger partial charge in [0.15, 0.2) is 0 Å². The van der Waals surface area contributed by atoms with E-state index in [2.05, 4.69) is 6.58 Å². The van der Waals surface area contributed by atoms with Crippen molar-refractivity contribution in [3.63, 3.8) is 0 Å². The molecule has 0 unspecified atom stereocenters. The van der Waals surface area contributed by atoms with E-state index in [4.69, 9.17) is 0 Å². The lowest BCUT2D eigenvalue weighted by molar-refractivity contribution is -0.181. The third kappa shape index (κ3) is 2.40. The number of alkyl halides is 3. The Morgan fingerprint density at radius 1 is 1.06 bits per heavy atom. The van der Waals surface area contributed by atoms with Crippen molar-refractivity contribution < 1.29 is 22.0 Å². The lowest BCUT2D eigenvalue weighted by atomic mass is 9.82. The monoisotopic (exact) mass is 264 g/mol. The van der Waals surface area contributed by atoms with Crippen molar-refractivity contribution >= 4 is 5.57 Å². The largest absolute Gasteiger partial charge is 0.398 e. The molecule has 0 atom stereocenters. The Morgan fingerprint density at radius 2 is 1.44 bits per heavy atom. The molecule has 100 valence electrons. The van der Waals surface area contributed by atoms with Crippen LogP contribution >= 0.6 is 0 Å². The minimum Gasteiger partial charge on any atom is -0.207 e. The summed E-state index contributed by atoms with van der Waals surface area (Å²) in [6.45, 7) is 6.50. The normalized spacial score (nSPS) is 12.7. The van der Waals surface area contributed by atoms with E-state index in [1.165, 1.54) is 6.92 Å². The number of halogens is 5. The van der Waals surface area contributed by atoms with Gasteiger partial charge in [0.2, 0.25) is 0 Å². The van der Waals surface area contributed by atoms with Crippen LogP contribution in [-0.2, 0) is 5.41 Å². The predicted molar refractivity (Wildman–Crippen MR) is 60.1 cm³/mol. The second-order valence-electron chi connectivity index (χ2n) is 4.72. The molecule has 0 aromatic heterocycles. The van der Waals surface area contributed by atoms with Gasteiger partial charge >= 0.3 is 6.18 Å². The maximum absolute atomic E-state index is 13.7. The molecule has 0 aliphatic heterocycles. The van der Waals surface area contributed by atoms with Crippen LogP contribution in [0.15, 0.2) is 18.7 Å². The summed E-state index contributed by atoms with van der Waals surface area (Å²) >= 11 is 0. The van der Waals surface area contributed by atoms with E-state index in [1.807, 2.05) is 0 Å². The average Bonchev–Trinajstić information content (AvgIpc) is 2.13. The molecule has 0 spiro atoms. The molecule has 0 nitrogen and oxygen atoms in total.